The first-order chi connectivity index (χ1) is 7.02. The Kier molecular flexibility index (Phi) is 7.34. The van der Waals surface area contributed by atoms with Crippen molar-refractivity contribution in [1.29, 1.82) is 0 Å². The van der Waals surface area contributed by atoms with Crippen molar-refractivity contribution in [3.8, 4) is 0 Å². The Bertz CT molecular complexity index is 179. The molecule has 0 aliphatic carbocycles. The highest BCUT2D eigenvalue weighted by Gasteiger charge is 2.13. The number of hydrazine groups is 1. The minimum atomic E-state index is 0.173. The SMILES string of the molecule is CCN(CC)N(C)C(=O)CCNC(C)C. The highest BCUT2D eigenvalue weighted by molar-refractivity contribution is 5.75. The minimum absolute atomic E-state index is 0.173. The molecule has 1 N–H and O–H groups in total. The number of carbonyl (C=O) groups excluding carboxylic acids is 1. The molecule has 0 heterocycles. The van der Waals surface area contributed by atoms with Crippen LogP contribution in [0.3, 0.4) is 0 Å². The first-order valence-electron chi connectivity index (χ1n) is 5.77. The van der Waals surface area contributed by atoms with Gasteiger partial charge in [-0.1, -0.05) is 27.7 Å². The minimum Gasteiger partial charge on any atom is -0.314 e. The molecule has 0 fully saturated rings. The predicted molar refractivity (Wildman–Crippen MR) is 63.4 cm³/mol. The van der Waals surface area contributed by atoms with Crippen molar-refractivity contribution in [3.05, 3.63) is 0 Å². The van der Waals surface area contributed by atoms with Gasteiger partial charge >= 0.3 is 0 Å². The Hall–Kier alpha value is -0.610. The average Bonchev–Trinajstić information content (AvgIpc) is 2.18. The van der Waals surface area contributed by atoms with Gasteiger partial charge in [-0.25, -0.2) is 5.01 Å². The number of rotatable bonds is 7. The Morgan fingerprint density at radius 2 is 1.80 bits per heavy atom. The van der Waals surface area contributed by atoms with Crippen LogP contribution in [0.5, 0.6) is 0 Å². The molecule has 1 amide bonds. The van der Waals surface area contributed by atoms with Gasteiger partial charge in [0.05, 0.1) is 0 Å². The van der Waals surface area contributed by atoms with E-state index in [0.717, 1.165) is 19.6 Å². The zero-order chi connectivity index (χ0) is 11.8. The molecule has 0 atom stereocenters. The molecule has 0 saturated carbocycles. The van der Waals surface area contributed by atoms with Crippen LogP contribution in [0.1, 0.15) is 34.1 Å². The molecule has 0 aliphatic heterocycles. The highest BCUT2D eigenvalue weighted by atomic mass is 16.2. The van der Waals surface area contributed by atoms with E-state index in [-0.39, 0.29) is 5.91 Å². The van der Waals surface area contributed by atoms with Gasteiger partial charge in [-0.05, 0) is 0 Å². The number of nitrogens with one attached hydrogen (secondary N) is 1. The van der Waals surface area contributed by atoms with Crippen LogP contribution in [0.2, 0.25) is 0 Å². The molecule has 0 aromatic carbocycles. The standard InChI is InChI=1S/C11H25N3O/c1-6-14(7-2)13(5)11(15)8-9-12-10(3)4/h10,12H,6-9H2,1-5H3. The van der Waals surface area contributed by atoms with E-state index in [1.165, 1.54) is 0 Å². The number of hydrogen-bond donors (Lipinski definition) is 1. The molecule has 4 nitrogen and oxygen atoms in total. The third-order valence-corrected chi connectivity index (χ3v) is 2.41. The summed E-state index contributed by atoms with van der Waals surface area (Å²) in [4.78, 5) is 11.7. The second-order valence-electron chi connectivity index (χ2n) is 3.92. The maximum absolute atomic E-state index is 11.7. The Morgan fingerprint density at radius 1 is 1.27 bits per heavy atom. The summed E-state index contributed by atoms with van der Waals surface area (Å²) >= 11 is 0. The zero-order valence-electron chi connectivity index (χ0n) is 10.7. The van der Waals surface area contributed by atoms with Crippen molar-refractivity contribution in [3.63, 3.8) is 0 Å². The summed E-state index contributed by atoms with van der Waals surface area (Å²) in [6.07, 6.45) is 0.561. The molecule has 4 heteroatoms. The molecule has 0 bridgehead atoms. The van der Waals surface area contributed by atoms with Gasteiger partial charge in [-0.2, -0.15) is 0 Å². The second kappa shape index (κ2) is 7.65. The zero-order valence-corrected chi connectivity index (χ0v) is 10.7. The molecule has 0 aromatic rings. The van der Waals surface area contributed by atoms with Crippen molar-refractivity contribution >= 4 is 5.91 Å². The monoisotopic (exact) mass is 215 g/mol. The molecule has 0 spiro atoms. The topological polar surface area (TPSA) is 35.6 Å². The van der Waals surface area contributed by atoms with Crippen LogP contribution in [-0.4, -0.2) is 48.6 Å². The van der Waals surface area contributed by atoms with E-state index in [9.17, 15) is 4.79 Å². The van der Waals surface area contributed by atoms with Gasteiger partial charge in [0.1, 0.15) is 0 Å². The first kappa shape index (κ1) is 14.4. The molecular formula is C11H25N3O. The van der Waals surface area contributed by atoms with E-state index in [2.05, 4.69) is 33.0 Å². The van der Waals surface area contributed by atoms with Gasteiger partial charge in [0.2, 0.25) is 5.91 Å². The average molecular weight is 215 g/mol. The third-order valence-electron chi connectivity index (χ3n) is 2.41. The smallest absolute Gasteiger partial charge is 0.237 e. The molecule has 0 unspecified atom stereocenters. The van der Waals surface area contributed by atoms with Crippen LogP contribution >= 0.6 is 0 Å². The lowest BCUT2D eigenvalue weighted by Crippen LogP contribution is -2.44. The molecular weight excluding hydrogens is 190 g/mol. The number of amides is 1. The molecule has 0 aliphatic rings. The predicted octanol–water partition coefficient (Wildman–Crippen LogP) is 1.09. The van der Waals surface area contributed by atoms with Crippen molar-refractivity contribution in [1.82, 2.24) is 15.3 Å². The number of hydrogen-bond acceptors (Lipinski definition) is 3. The van der Waals surface area contributed by atoms with E-state index in [4.69, 9.17) is 0 Å². The Labute approximate surface area is 93.6 Å². The van der Waals surface area contributed by atoms with Gasteiger partial charge in [-0.15, -0.1) is 0 Å². The maximum atomic E-state index is 11.7. The van der Waals surface area contributed by atoms with Crippen molar-refractivity contribution in [2.24, 2.45) is 0 Å². The lowest BCUT2D eigenvalue weighted by Gasteiger charge is -2.29. The second-order valence-corrected chi connectivity index (χ2v) is 3.92. The van der Waals surface area contributed by atoms with Gasteiger partial charge in [0.25, 0.3) is 0 Å². The van der Waals surface area contributed by atoms with E-state index >= 15 is 0 Å². The van der Waals surface area contributed by atoms with E-state index in [1.54, 1.807) is 5.01 Å². The number of nitrogens with zero attached hydrogens (tertiary/aromatic N) is 2. The maximum Gasteiger partial charge on any atom is 0.237 e. The Balaban J connectivity index is 3.87. The normalized spacial score (nSPS) is 11.1. The van der Waals surface area contributed by atoms with Crippen molar-refractivity contribution in [2.75, 3.05) is 26.7 Å². The van der Waals surface area contributed by atoms with Gasteiger partial charge in [-0.3, -0.25) is 9.80 Å². The summed E-state index contributed by atoms with van der Waals surface area (Å²) in [5.74, 6) is 0.173. The van der Waals surface area contributed by atoms with Gasteiger partial charge < -0.3 is 5.32 Å². The lowest BCUT2D eigenvalue weighted by molar-refractivity contribution is -0.145. The fourth-order valence-corrected chi connectivity index (χ4v) is 1.44. The van der Waals surface area contributed by atoms with Crippen LogP contribution in [0.15, 0.2) is 0 Å². The van der Waals surface area contributed by atoms with Crippen molar-refractivity contribution in [2.45, 2.75) is 40.2 Å². The van der Waals surface area contributed by atoms with Gasteiger partial charge in [0.15, 0.2) is 0 Å². The molecule has 0 aromatic heterocycles. The summed E-state index contributed by atoms with van der Waals surface area (Å²) in [6.45, 7) is 10.8. The first-order valence-corrected chi connectivity index (χ1v) is 5.77. The van der Waals surface area contributed by atoms with Gasteiger partial charge in [0, 0.05) is 39.1 Å². The fourth-order valence-electron chi connectivity index (χ4n) is 1.44. The summed E-state index contributed by atoms with van der Waals surface area (Å²) in [5, 5.41) is 6.99. The van der Waals surface area contributed by atoms with E-state index < -0.39 is 0 Å². The summed E-state index contributed by atoms with van der Waals surface area (Å²) in [5.41, 5.74) is 0. The van der Waals surface area contributed by atoms with Crippen LogP contribution < -0.4 is 5.32 Å². The summed E-state index contributed by atoms with van der Waals surface area (Å²) in [6, 6.07) is 0.441. The van der Waals surface area contributed by atoms with E-state index in [0.29, 0.717) is 12.5 Å². The third kappa shape index (κ3) is 5.74. The Morgan fingerprint density at radius 3 is 2.20 bits per heavy atom. The summed E-state index contributed by atoms with van der Waals surface area (Å²) < 4.78 is 0. The summed E-state index contributed by atoms with van der Waals surface area (Å²) in [7, 11) is 1.84. The molecule has 90 valence electrons. The molecule has 0 radical (unpaired) electrons. The molecule has 0 rings (SSSR count). The van der Waals surface area contributed by atoms with Crippen LogP contribution in [0.4, 0.5) is 0 Å². The van der Waals surface area contributed by atoms with Crippen LogP contribution in [0, 0.1) is 0 Å². The van der Waals surface area contributed by atoms with Crippen molar-refractivity contribution < 1.29 is 4.79 Å². The van der Waals surface area contributed by atoms with Crippen LogP contribution in [0.25, 0.3) is 0 Å². The highest BCUT2D eigenvalue weighted by Crippen LogP contribution is 1.97. The molecule has 15 heavy (non-hydrogen) atoms. The van der Waals surface area contributed by atoms with Crippen LogP contribution in [-0.2, 0) is 4.79 Å². The fraction of sp³-hybridized carbons (Fsp3) is 0.909. The largest absolute Gasteiger partial charge is 0.314 e. The lowest BCUT2D eigenvalue weighted by atomic mass is 10.3. The quantitative estimate of drug-likeness (QED) is 0.646. The van der Waals surface area contributed by atoms with E-state index in [1.807, 2.05) is 12.1 Å². The number of carbonyl (C=O) groups is 1. The molecule has 0 saturated heterocycles.